The smallest absolute Gasteiger partial charge is 0.338 e. The number of aliphatic hydroxyl groups is 1. The zero-order chi connectivity index (χ0) is 16.9. The molecule has 0 radical (unpaired) electrons. The van der Waals surface area contributed by atoms with Crippen LogP contribution in [0.15, 0.2) is 24.3 Å². The van der Waals surface area contributed by atoms with Crippen LogP contribution < -0.4 is 0 Å². The predicted molar refractivity (Wildman–Crippen MR) is 89.3 cm³/mol. The molecule has 2 atom stereocenters. The first-order valence-corrected chi connectivity index (χ1v) is 8.85. The number of amides is 1. The third-order valence-electron chi connectivity index (χ3n) is 5.26. The first-order valence-electron chi connectivity index (χ1n) is 8.85. The zero-order valence-corrected chi connectivity index (χ0v) is 13.9. The van der Waals surface area contributed by atoms with Crippen molar-refractivity contribution in [3.63, 3.8) is 0 Å². The number of esters is 1. The summed E-state index contributed by atoms with van der Waals surface area (Å²) in [5.41, 5.74) is 1.13. The molecule has 0 unspecified atom stereocenters. The molecule has 1 aromatic carbocycles. The normalized spacial score (nSPS) is 23.5. The zero-order valence-electron chi connectivity index (χ0n) is 13.9. The molecular formula is C19H25NO4. The van der Waals surface area contributed by atoms with E-state index in [1.54, 1.807) is 24.3 Å². The fourth-order valence-electron chi connectivity index (χ4n) is 3.97. The maximum atomic E-state index is 12.5. The van der Waals surface area contributed by atoms with E-state index in [1.165, 1.54) is 25.7 Å². The van der Waals surface area contributed by atoms with Crippen molar-refractivity contribution in [1.82, 2.24) is 4.90 Å². The van der Waals surface area contributed by atoms with Crippen LogP contribution in [0.4, 0.5) is 0 Å². The standard InChI is InChI=1S/C19H25NO4/c21-12-14-7-9-16(10-8-14)19(23)24-13-18(22)20-11-3-5-15-4-1-2-6-17(15)20/h7-10,15,17,21H,1-6,11-13H2/t15-,17-/m1/s1. The Morgan fingerprint density at radius 3 is 2.54 bits per heavy atom. The number of carbonyl (C=O) groups is 2. The molecule has 5 nitrogen and oxygen atoms in total. The number of fused-ring (bicyclic) bond motifs is 1. The molecule has 2 fully saturated rings. The second kappa shape index (κ2) is 7.79. The second-order valence-electron chi connectivity index (χ2n) is 6.77. The van der Waals surface area contributed by atoms with E-state index in [0.29, 0.717) is 17.5 Å². The first kappa shape index (κ1) is 17.0. The number of hydrogen-bond donors (Lipinski definition) is 1. The van der Waals surface area contributed by atoms with Gasteiger partial charge in [0.15, 0.2) is 6.61 Å². The molecule has 0 spiro atoms. The van der Waals surface area contributed by atoms with Crippen molar-refractivity contribution in [2.24, 2.45) is 5.92 Å². The third kappa shape index (κ3) is 3.78. The van der Waals surface area contributed by atoms with Crippen LogP contribution in [0.1, 0.15) is 54.4 Å². The van der Waals surface area contributed by atoms with Crippen molar-refractivity contribution < 1.29 is 19.4 Å². The number of aliphatic hydroxyl groups excluding tert-OH is 1. The van der Waals surface area contributed by atoms with Gasteiger partial charge in [-0.1, -0.05) is 25.0 Å². The van der Waals surface area contributed by atoms with Gasteiger partial charge in [0.05, 0.1) is 12.2 Å². The number of rotatable bonds is 4. The number of likely N-dealkylation sites (tertiary alicyclic amines) is 1. The molecule has 24 heavy (non-hydrogen) atoms. The molecule has 1 aliphatic heterocycles. The van der Waals surface area contributed by atoms with E-state index in [1.807, 2.05) is 4.90 Å². The molecule has 0 aromatic heterocycles. The Hall–Kier alpha value is -1.88. The van der Waals surface area contributed by atoms with Crippen LogP contribution in [0.2, 0.25) is 0 Å². The summed E-state index contributed by atoms with van der Waals surface area (Å²) in [5.74, 6) is 0.0511. The molecule has 0 bridgehead atoms. The molecule has 1 aromatic rings. The first-order chi connectivity index (χ1) is 11.7. The highest BCUT2D eigenvalue weighted by Crippen LogP contribution is 2.35. The fraction of sp³-hybridized carbons (Fsp3) is 0.579. The Morgan fingerprint density at radius 1 is 1.08 bits per heavy atom. The van der Waals surface area contributed by atoms with Gasteiger partial charge in [0.25, 0.3) is 5.91 Å². The van der Waals surface area contributed by atoms with E-state index in [4.69, 9.17) is 9.84 Å². The van der Waals surface area contributed by atoms with Gasteiger partial charge in [-0.3, -0.25) is 4.79 Å². The molecular weight excluding hydrogens is 306 g/mol. The Labute approximate surface area is 142 Å². The quantitative estimate of drug-likeness (QED) is 0.861. The lowest BCUT2D eigenvalue weighted by Gasteiger charge is -2.44. The SMILES string of the molecule is O=C(OCC(=O)N1CCC[C@H]2CCCC[C@H]21)c1ccc(CO)cc1. The molecule has 5 heteroatoms. The average Bonchev–Trinajstić information content (AvgIpc) is 2.65. The Morgan fingerprint density at radius 2 is 1.79 bits per heavy atom. The van der Waals surface area contributed by atoms with Crippen LogP contribution in [0.3, 0.4) is 0 Å². The maximum Gasteiger partial charge on any atom is 0.338 e. The minimum atomic E-state index is -0.495. The number of ether oxygens (including phenoxy) is 1. The molecule has 3 rings (SSSR count). The van der Waals surface area contributed by atoms with Gasteiger partial charge in [-0.15, -0.1) is 0 Å². The molecule has 130 valence electrons. The predicted octanol–water partition coefficient (Wildman–Crippen LogP) is 2.52. The maximum absolute atomic E-state index is 12.5. The molecule has 1 aliphatic carbocycles. The summed E-state index contributed by atoms with van der Waals surface area (Å²) in [6, 6.07) is 6.90. The molecule has 2 aliphatic rings. The summed E-state index contributed by atoms with van der Waals surface area (Å²) in [6.07, 6.45) is 7.00. The summed E-state index contributed by atoms with van der Waals surface area (Å²) in [5, 5.41) is 9.02. The molecule has 1 amide bonds. The third-order valence-corrected chi connectivity index (χ3v) is 5.26. The van der Waals surface area contributed by atoms with Crippen molar-refractivity contribution in [2.75, 3.05) is 13.2 Å². The number of piperidine rings is 1. The van der Waals surface area contributed by atoms with Gasteiger partial charge < -0.3 is 14.7 Å². The van der Waals surface area contributed by atoms with Crippen LogP contribution in [-0.4, -0.2) is 41.1 Å². The topological polar surface area (TPSA) is 66.8 Å². The van der Waals surface area contributed by atoms with E-state index in [9.17, 15) is 9.59 Å². The van der Waals surface area contributed by atoms with E-state index in [-0.39, 0.29) is 19.1 Å². The van der Waals surface area contributed by atoms with Gasteiger partial charge in [-0.25, -0.2) is 4.79 Å². The van der Waals surface area contributed by atoms with Crippen LogP contribution >= 0.6 is 0 Å². The number of carbonyl (C=O) groups excluding carboxylic acids is 2. The number of hydrogen-bond acceptors (Lipinski definition) is 4. The molecule has 1 saturated carbocycles. The minimum absolute atomic E-state index is 0.0642. The summed E-state index contributed by atoms with van der Waals surface area (Å²) in [6.45, 7) is 0.526. The Balaban J connectivity index is 1.55. The highest BCUT2D eigenvalue weighted by Gasteiger charge is 2.35. The van der Waals surface area contributed by atoms with Crippen molar-refractivity contribution in [1.29, 1.82) is 0 Å². The second-order valence-corrected chi connectivity index (χ2v) is 6.77. The van der Waals surface area contributed by atoms with Gasteiger partial charge in [0.2, 0.25) is 0 Å². The monoisotopic (exact) mass is 331 g/mol. The van der Waals surface area contributed by atoms with Crippen molar-refractivity contribution in [3.8, 4) is 0 Å². The lowest BCUT2D eigenvalue weighted by atomic mass is 9.78. The number of benzene rings is 1. The van der Waals surface area contributed by atoms with Gasteiger partial charge in [-0.2, -0.15) is 0 Å². The lowest BCUT2D eigenvalue weighted by molar-refractivity contribution is -0.140. The van der Waals surface area contributed by atoms with Crippen LogP contribution in [0.25, 0.3) is 0 Å². The van der Waals surface area contributed by atoms with Crippen molar-refractivity contribution >= 4 is 11.9 Å². The molecule has 1 heterocycles. The highest BCUT2D eigenvalue weighted by molar-refractivity contribution is 5.91. The van der Waals surface area contributed by atoms with Gasteiger partial charge >= 0.3 is 5.97 Å². The van der Waals surface area contributed by atoms with E-state index < -0.39 is 5.97 Å². The van der Waals surface area contributed by atoms with E-state index >= 15 is 0 Å². The lowest BCUT2D eigenvalue weighted by Crippen LogP contribution is -2.50. The van der Waals surface area contributed by atoms with E-state index in [0.717, 1.165) is 24.9 Å². The van der Waals surface area contributed by atoms with Gasteiger partial charge in [0.1, 0.15) is 0 Å². The average molecular weight is 331 g/mol. The minimum Gasteiger partial charge on any atom is -0.452 e. The van der Waals surface area contributed by atoms with Gasteiger partial charge in [0, 0.05) is 12.6 Å². The Bertz CT molecular complexity index is 582. The number of nitrogens with zero attached hydrogens (tertiary/aromatic N) is 1. The highest BCUT2D eigenvalue weighted by atomic mass is 16.5. The van der Waals surface area contributed by atoms with Crippen molar-refractivity contribution in [3.05, 3.63) is 35.4 Å². The summed E-state index contributed by atoms with van der Waals surface area (Å²) < 4.78 is 5.20. The fourth-order valence-corrected chi connectivity index (χ4v) is 3.97. The van der Waals surface area contributed by atoms with Gasteiger partial charge in [-0.05, 0) is 49.3 Å². The summed E-state index contributed by atoms with van der Waals surface area (Å²) >= 11 is 0. The van der Waals surface area contributed by atoms with Crippen LogP contribution in [0.5, 0.6) is 0 Å². The Kier molecular flexibility index (Phi) is 5.51. The summed E-state index contributed by atoms with van der Waals surface area (Å²) in [4.78, 5) is 26.5. The summed E-state index contributed by atoms with van der Waals surface area (Å²) in [7, 11) is 0. The molecule has 1 saturated heterocycles. The largest absolute Gasteiger partial charge is 0.452 e. The van der Waals surface area contributed by atoms with Crippen LogP contribution in [-0.2, 0) is 16.1 Å². The van der Waals surface area contributed by atoms with Crippen LogP contribution in [0, 0.1) is 5.92 Å². The van der Waals surface area contributed by atoms with Crippen molar-refractivity contribution in [2.45, 2.75) is 51.2 Å². The van der Waals surface area contributed by atoms with E-state index in [2.05, 4.69) is 0 Å². The molecule has 1 N–H and O–H groups in total.